The molecule has 2 fully saturated rings. The summed E-state index contributed by atoms with van der Waals surface area (Å²) in [7, 11) is -2.36. The molecule has 5 heterocycles. The number of amides is 1. The van der Waals surface area contributed by atoms with Crippen LogP contribution in [0.25, 0.3) is 22.0 Å². The van der Waals surface area contributed by atoms with Crippen molar-refractivity contribution in [2.24, 2.45) is 12.5 Å². The first-order chi connectivity index (χ1) is 19.6. The van der Waals surface area contributed by atoms with Crippen LogP contribution < -0.4 is 10.5 Å². The van der Waals surface area contributed by atoms with Crippen LogP contribution in [0.2, 0.25) is 0 Å². The van der Waals surface area contributed by atoms with Crippen LogP contribution in [-0.2, 0) is 21.9 Å². The number of anilines is 1. The quantitative estimate of drug-likeness (QED) is 0.389. The molecule has 214 valence electrons. The molecule has 41 heavy (non-hydrogen) atoms. The molecule has 0 radical (unpaired) electrons. The smallest absolute Gasteiger partial charge is 0.275 e. The molecule has 1 aromatic carbocycles. The van der Waals surface area contributed by atoms with Crippen molar-refractivity contribution in [3.8, 4) is 11.1 Å². The van der Waals surface area contributed by atoms with E-state index in [2.05, 4.69) is 4.90 Å². The molecule has 1 N–H and O–H groups in total. The van der Waals surface area contributed by atoms with E-state index in [-0.39, 0.29) is 21.7 Å². The third-order valence-electron chi connectivity index (χ3n) is 8.70. The molecular formula is C30H33N5O5S. The van der Waals surface area contributed by atoms with Crippen molar-refractivity contribution >= 4 is 32.7 Å². The average Bonchev–Trinajstić information content (AvgIpc) is 3.61. The average molecular weight is 576 g/mol. The Kier molecular flexibility index (Phi) is 6.74. The normalized spacial score (nSPS) is 17.0. The first kappa shape index (κ1) is 27.2. The van der Waals surface area contributed by atoms with Crippen molar-refractivity contribution in [1.29, 1.82) is 0 Å². The molecule has 0 unspecified atom stereocenters. The van der Waals surface area contributed by atoms with E-state index in [4.69, 9.17) is 4.98 Å². The predicted molar refractivity (Wildman–Crippen MR) is 156 cm³/mol. The van der Waals surface area contributed by atoms with Crippen LogP contribution in [0, 0.1) is 12.3 Å². The molecule has 11 heteroatoms. The summed E-state index contributed by atoms with van der Waals surface area (Å²) in [6.45, 7) is 4.52. The minimum absolute atomic E-state index is 0.0984. The molecule has 6 rings (SSSR count). The van der Waals surface area contributed by atoms with Crippen molar-refractivity contribution in [3.63, 3.8) is 0 Å². The van der Waals surface area contributed by atoms with Crippen LogP contribution in [0.1, 0.15) is 24.8 Å². The fourth-order valence-corrected chi connectivity index (χ4v) is 7.53. The van der Waals surface area contributed by atoms with Crippen molar-refractivity contribution in [1.82, 2.24) is 18.4 Å². The fraction of sp³-hybridized carbons (Fsp3) is 0.367. The minimum atomic E-state index is -3.97. The van der Waals surface area contributed by atoms with E-state index in [9.17, 15) is 23.1 Å². The van der Waals surface area contributed by atoms with Crippen LogP contribution in [-0.4, -0.2) is 70.6 Å². The Bertz CT molecular complexity index is 1780. The largest absolute Gasteiger partial charge is 0.387 e. The van der Waals surface area contributed by atoms with Gasteiger partial charge in [-0.3, -0.25) is 9.59 Å². The van der Waals surface area contributed by atoms with Gasteiger partial charge in [-0.15, -0.1) is 0 Å². The van der Waals surface area contributed by atoms with Crippen LogP contribution in [0.5, 0.6) is 0 Å². The first-order valence-electron chi connectivity index (χ1n) is 13.7. The molecule has 2 saturated heterocycles. The highest BCUT2D eigenvalue weighted by molar-refractivity contribution is 7.90. The number of pyridine rings is 2. The molecule has 0 atom stereocenters. The van der Waals surface area contributed by atoms with Gasteiger partial charge in [0.2, 0.25) is 5.91 Å². The van der Waals surface area contributed by atoms with Crippen molar-refractivity contribution in [2.75, 3.05) is 37.7 Å². The molecule has 10 nitrogen and oxygen atoms in total. The minimum Gasteiger partial charge on any atom is -0.387 e. The van der Waals surface area contributed by atoms with Crippen LogP contribution in [0.15, 0.2) is 70.7 Å². The highest BCUT2D eigenvalue weighted by Crippen LogP contribution is 2.41. The Balaban J connectivity index is 1.27. The van der Waals surface area contributed by atoms with Gasteiger partial charge in [0, 0.05) is 68.3 Å². The van der Waals surface area contributed by atoms with E-state index in [0.29, 0.717) is 18.5 Å². The lowest BCUT2D eigenvalue weighted by Gasteiger charge is -2.39. The van der Waals surface area contributed by atoms with Crippen LogP contribution >= 0.6 is 0 Å². The highest BCUT2D eigenvalue weighted by Gasteiger charge is 2.42. The Morgan fingerprint density at radius 1 is 1.02 bits per heavy atom. The summed E-state index contributed by atoms with van der Waals surface area (Å²) in [6.07, 6.45) is 7.79. The molecule has 0 bridgehead atoms. The van der Waals surface area contributed by atoms with E-state index >= 15 is 0 Å². The number of carbonyl (C=O) groups excluding carboxylic acids is 1. The summed E-state index contributed by atoms with van der Waals surface area (Å²) in [4.78, 5) is 34.0. The number of nitrogens with zero attached hydrogens (tertiary/aromatic N) is 5. The zero-order valence-corrected chi connectivity index (χ0v) is 24.0. The van der Waals surface area contributed by atoms with Crippen molar-refractivity contribution < 1.29 is 18.3 Å². The second-order valence-corrected chi connectivity index (χ2v) is 13.1. The van der Waals surface area contributed by atoms with Gasteiger partial charge < -0.3 is 19.5 Å². The summed E-state index contributed by atoms with van der Waals surface area (Å²) >= 11 is 0. The lowest BCUT2D eigenvalue weighted by atomic mass is 9.78. The molecular weight excluding hydrogens is 542 g/mol. The van der Waals surface area contributed by atoms with E-state index in [0.717, 1.165) is 58.8 Å². The molecule has 2 aliphatic heterocycles. The van der Waals surface area contributed by atoms with Gasteiger partial charge in [0.15, 0.2) is 0 Å². The van der Waals surface area contributed by atoms with E-state index in [1.54, 1.807) is 54.7 Å². The first-order valence-corrected chi connectivity index (χ1v) is 15.2. The maximum Gasteiger partial charge on any atom is 0.275 e. The Morgan fingerprint density at radius 2 is 1.73 bits per heavy atom. The number of aryl methyl sites for hydroxylation is 2. The number of rotatable bonds is 5. The third kappa shape index (κ3) is 4.72. The van der Waals surface area contributed by atoms with Gasteiger partial charge in [0.05, 0.1) is 4.90 Å². The molecule has 1 amide bonds. The zero-order chi connectivity index (χ0) is 28.9. The fourth-order valence-electron chi connectivity index (χ4n) is 6.18. The van der Waals surface area contributed by atoms with E-state index < -0.39 is 22.2 Å². The monoisotopic (exact) mass is 575 g/mol. The molecule has 0 saturated carbocycles. The number of hydrogen-bond acceptors (Lipinski definition) is 7. The maximum absolute atomic E-state index is 13.5. The van der Waals surface area contributed by atoms with E-state index in [1.165, 1.54) is 10.8 Å². The number of aliphatic hydroxyl groups excluding tert-OH is 1. The van der Waals surface area contributed by atoms with Crippen molar-refractivity contribution in [3.05, 3.63) is 77.0 Å². The second-order valence-electron chi connectivity index (χ2n) is 11.3. The van der Waals surface area contributed by atoms with Crippen molar-refractivity contribution in [2.45, 2.75) is 31.1 Å². The van der Waals surface area contributed by atoms with Gasteiger partial charge in [-0.2, -0.15) is 0 Å². The van der Waals surface area contributed by atoms with Gasteiger partial charge >= 0.3 is 0 Å². The molecule has 4 aromatic rings. The van der Waals surface area contributed by atoms with E-state index in [1.807, 2.05) is 19.1 Å². The zero-order valence-electron chi connectivity index (χ0n) is 23.2. The summed E-state index contributed by atoms with van der Waals surface area (Å²) in [5, 5.41) is 9.75. The highest BCUT2D eigenvalue weighted by atomic mass is 32.2. The van der Waals surface area contributed by atoms with Gasteiger partial charge in [0.25, 0.3) is 15.6 Å². The molecule has 2 aliphatic rings. The standard InChI is InChI=1S/C30H33N5O5S/c1-21-3-6-23(7-4-21)41(39,40)35-13-9-24-25(18-32(2)29(38)28(24)35)22-5-8-26(31-17-22)33-14-10-30(11-15-33)12-16-34(20-30)27(37)19-36/h3-9,13,17-18,36H,10-12,14-16,19-20H2,1-2H3. The molecule has 3 aromatic heterocycles. The number of fused-ring (bicyclic) bond motifs is 1. The number of benzene rings is 1. The number of piperidine rings is 1. The lowest BCUT2D eigenvalue weighted by molar-refractivity contribution is -0.133. The van der Waals surface area contributed by atoms with Gasteiger partial charge in [-0.1, -0.05) is 17.7 Å². The summed E-state index contributed by atoms with van der Waals surface area (Å²) < 4.78 is 29.4. The number of aromatic nitrogens is 3. The van der Waals surface area contributed by atoms with Gasteiger partial charge in [-0.05, 0) is 61.9 Å². The number of likely N-dealkylation sites (tertiary alicyclic amines) is 1. The number of carbonyl (C=O) groups is 1. The summed E-state index contributed by atoms with van der Waals surface area (Å²) in [6, 6.07) is 12.1. The van der Waals surface area contributed by atoms with Crippen LogP contribution in [0.3, 0.4) is 0 Å². The summed E-state index contributed by atoms with van der Waals surface area (Å²) in [5.41, 5.74) is 2.25. The Hall–Kier alpha value is -3.96. The van der Waals surface area contributed by atoms with Crippen LogP contribution in [0.4, 0.5) is 5.82 Å². The molecule has 1 spiro atoms. The maximum atomic E-state index is 13.5. The van der Waals surface area contributed by atoms with Gasteiger partial charge in [0.1, 0.15) is 17.9 Å². The number of aliphatic hydroxyl groups is 1. The predicted octanol–water partition coefficient (Wildman–Crippen LogP) is 2.76. The number of hydrogen-bond donors (Lipinski definition) is 1. The Labute approximate surface area is 238 Å². The SMILES string of the molecule is Cc1ccc(S(=O)(=O)n2ccc3c(-c4ccc(N5CCC6(CCN(C(=O)CO)C6)CC5)nc4)cn(C)c(=O)c32)cc1. The lowest BCUT2D eigenvalue weighted by Crippen LogP contribution is -2.42. The topological polar surface area (TPSA) is 118 Å². The third-order valence-corrected chi connectivity index (χ3v) is 10.4. The Morgan fingerprint density at radius 3 is 2.39 bits per heavy atom. The molecule has 0 aliphatic carbocycles. The second kappa shape index (κ2) is 10.1. The summed E-state index contributed by atoms with van der Waals surface area (Å²) in [5.74, 6) is 0.655. The van der Waals surface area contributed by atoms with Gasteiger partial charge in [-0.25, -0.2) is 17.4 Å².